The predicted octanol–water partition coefficient (Wildman–Crippen LogP) is 4.47. The minimum Gasteiger partial charge on any atom is -0.292 e. The zero-order valence-electron chi connectivity index (χ0n) is 10.8. The van der Waals surface area contributed by atoms with Crippen molar-refractivity contribution in [1.82, 2.24) is 4.90 Å². The molecule has 0 bridgehead atoms. The number of hydrogen-bond donors (Lipinski definition) is 0. The maximum absolute atomic E-state index is 12.9. The Kier molecular flexibility index (Phi) is 4.50. The van der Waals surface area contributed by atoms with Crippen LogP contribution in [-0.2, 0) is 6.54 Å². The Labute approximate surface area is 112 Å². The highest BCUT2D eigenvalue weighted by molar-refractivity contribution is 7.09. The summed E-state index contributed by atoms with van der Waals surface area (Å²) in [5.74, 6) is -0.174. The molecule has 0 saturated heterocycles. The van der Waals surface area contributed by atoms with Gasteiger partial charge in [-0.05, 0) is 42.6 Å². The van der Waals surface area contributed by atoms with Crippen LogP contribution in [0.5, 0.6) is 0 Å². The van der Waals surface area contributed by atoms with E-state index in [9.17, 15) is 4.39 Å². The average molecular weight is 263 g/mol. The van der Waals surface area contributed by atoms with Gasteiger partial charge in [-0.2, -0.15) is 0 Å². The third-order valence-corrected chi connectivity index (χ3v) is 4.11. The van der Waals surface area contributed by atoms with Gasteiger partial charge in [0.25, 0.3) is 0 Å². The van der Waals surface area contributed by atoms with Crippen LogP contribution >= 0.6 is 11.3 Å². The molecule has 0 fully saturated rings. The molecule has 0 amide bonds. The lowest BCUT2D eigenvalue weighted by atomic mass is 10.1. The Morgan fingerprint density at radius 3 is 2.50 bits per heavy atom. The van der Waals surface area contributed by atoms with Crippen molar-refractivity contribution in [2.75, 3.05) is 6.54 Å². The lowest BCUT2D eigenvalue weighted by Gasteiger charge is -2.27. The first-order valence-electron chi connectivity index (χ1n) is 6.22. The fourth-order valence-electron chi connectivity index (χ4n) is 2.08. The van der Waals surface area contributed by atoms with Crippen molar-refractivity contribution in [1.29, 1.82) is 0 Å². The van der Waals surface area contributed by atoms with Crippen LogP contribution in [0, 0.1) is 5.82 Å². The van der Waals surface area contributed by atoms with Crippen molar-refractivity contribution in [3.05, 3.63) is 58.0 Å². The quantitative estimate of drug-likeness (QED) is 0.769. The molecular weight excluding hydrogens is 245 g/mol. The zero-order chi connectivity index (χ0) is 13.0. The fraction of sp³-hybridized carbons (Fsp3) is 0.333. The summed E-state index contributed by atoms with van der Waals surface area (Å²) in [6.07, 6.45) is 0. The van der Waals surface area contributed by atoms with Crippen LogP contribution in [0.25, 0.3) is 0 Å². The molecule has 0 N–H and O–H groups in total. The van der Waals surface area contributed by atoms with Gasteiger partial charge >= 0.3 is 0 Å². The molecule has 1 atom stereocenters. The van der Waals surface area contributed by atoms with Crippen molar-refractivity contribution in [3.8, 4) is 0 Å². The van der Waals surface area contributed by atoms with E-state index in [0.29, 0.717) is 6.04 Å². The van der Waals surface area contributed by atoms with E-state index in [1.807, 2.05) is 12.1 Å². The van der Waals surface area contributed by atoms with E-state index >= 15 is 0 Å². The monoisotopic (exact) mass is 263 g/mol. The molecule has 0 saturated carbocycles. The first-order chi connectivity index (χ1) is 8.70. The van der Waals surface area contributed by atoms with Crippen LogP contribution in [0.3, 0.4) is 0 Å². The number of benzene rings is 1. The predicted molar refractivity (Wildman–Crippen MR) is 75.2 cm³/mol. The molecule has 96 valence electrons. The Balaban J connectivity index is 2.09. The van der Waals surface area contributed by atoms with Gasteiger partial charge in [0, 0.05) is 17.5 Å². The Morgan fingerprint density at radius 2 is 1.94 bits per heavy atom. The van der Waals surface area contributed by atoms with Crippen molar-refractivity contribution in [3.63, 3.8) is 0 Å². The topological polar surface area (TPSA) is 3.24 Å². The molecule has 1 heterocycles. The second-order valence-corrected chi connectivity index (χ2v) is 5.40. The Hall–Kier alpha value is -1.19. The van der Waals surface area contributed by atoms with Gasteiger partial charge in [-0.1, -0.05) is 25.1 Å². The Morgan fingerprint density at radius 1 is 1.22 bits per heavy atom. The molecule has 18 heavy (non-hydrogen) atoms. The van der Waals surface area contributed by atoms with Gasteiger partial charge in [0.05, 0.1) is 0 Å². The normalized spacial score (nSPS) is 12.9. The molecular formula is C15H18FNS. The summed E-state index contributed by atoms with van der Waals surface area (Å²) in [5.41, 5.74) is 1.16. The van der Waals surface area contributed by atoms with E-state index in [-0.39, 0.29) is 5.82 Å². The van der Waals surface area contributed by atoms with Gasteiger partial charge < -0.3 is 0 Å². The third-order valence-electron chi connectivity index (χ3n) is 3.25. The van der Waals surface area contributed by atoms with Gasteiger partial charge in [-0.25, -0.2) is 4.39 Å². The number of thiophene rings is 1. The SMILES string of the molecule is CCN(Cc1cccs1)C(C)c1ccc(F)cc1. The highest BCUT2D eigenvalue weighted by atomic mass is 32.1. The number of halogens is 1. The zero-order valence-corrected chi connectivity index (χ0v) is 11.6. The molecule has 0 spiro atoms. The van der Waals surface area contributed by atoms with Gasteiger partial charge in [0.2, 0.25) is 0 Å². The van der Waals surface area contributed by atoms with Crippen molar-refractivity contribution < 1.29 is 4.39 Å². The summed E-state index contributed by atoms with van der Waals surface area (Å²) in [6.45, 7) is 6.27. The maximum Gasteiger partial charge on any atom is 0.123 e. The van der Waals surface area contributed by atoms with E-state index in [1.54, 1.807) is 11.3 Å². The van der Waals surface area contributed by atoms with Crippen LogP contribution in [0.1, 0.15) is 30.3 Å². The number of nitrogens with zero attached hydrogens (tertiary/aromatic N) is 1. The van der Waals surface area contributed by atoms with Crippen molar-refractivity contribution in [2.24, 2.45) is 0 Å². The van der Waals surface area contributed by atoms with E-state index in [1.165, 1.54) is 17.0 Å². The molecule has 1 aromatic carbocycles. The molecule has 0 aliphatic heterocycles. The molecule has 0 radical (unpaired) electrons. The lowest BCUT2D eigenvalue weighted by Crippen LogP contribution is -2.25. The summed E-state index contributed by atoms with van der Waals surface area (Å²) < 4.78 is 12.9. The van der Waals surface area contributed by atoms with E-state index in [2.05, 4.69) is 36.3 Å². The van der Waals surface area contributed by atoms with Crippen LogP contribution < -0.4 is 0 Å². The number of hydrogen-bond acceptors (Lipinski definition) is 2. The van der Waals surface area contributed by atoms with Gasteiger partial charge in [0.15, 0.2) is 0 Å². The molecule has 2 aromatic rings. The standard InChI is InChI=1S/C15H18FNS/c1-3-17(11-15-5-4-10-18-15)12(2)13-6-8-14(16)9-7-13/h4-10,12H,3,11H2,1-2H3. The van der Waals surface area contributed by atoms with E-state index in [4.69, 9.17) is 0 Å². The second kappa shape index (κ2) is 6.12. The summed E-state index contributed by atoms with van der Waals surface area (Å²) >= 11 is 1.78. The maximum atomic E-state index is 12.9. The fourth-order valence-corrected chi connectivity index (χ4v) is 2.81. The summed E-state index contributed by atoms with van der Waals surface area (Å²) in [5, 5.41) is 2.10. The van der Waals surface area contributed by atoms with Crippen LogP contribution in [0.15, 0.2) is 41.8 Å². The first-order valence-corrected chi connectivity index (χ1v) is 7.10. The molecule has 1 aromatic heterocycles. The van der Waals surface area contributed by atoms with Crippen LogP contribution in [0.2, 0.25) is 0 Å². The molecule has 1 nitrogen and oxygen atoms in total. The average Bonchev–Trinajstić information content (AvgIpc) is 2.89. The van der Waals surface area contributed by atoms with Gasteiger partial charge in [0.1, 0.15) is 5.82 Å². The summed E-state index contributed by atoms with van der Waals surface area (Å²) in [4.78, 5) is 3.75. The first kappa shape index (κ1) is 13.2. The molecule has 3 heteroatoms. The largest absolute Gasteiger partial charge is 0.292 e. The minimum atomic E-state index is -0.174. The molecule has 0 aliphatic carbocycles. The minimum absolute atomic E-state index is 0.174. The highest BCUT2D eigenvalue weighted by Gasteiger charge is 2.14. The third kappa shape index (κ3) is 3.18. The Bertz CT molecular complexity index is 464. The smallest absolute Gasteiger partial charge is 0.123 e. The second-order valence-electron chi connectivity index (χ2n) is 4.37. The van der Waals surface area contributed by atoms with Crippen LogP contribution in [0.4, 0.5) is 4.39 Å². The van der Waals surface area contributed by atoms with Crippen molar-refractivity contribution >= 4 is 11.3 Å². The number of rotatable bonds is 5. The highest BCUT2D eigenvalue weighted by Crippen LogP contribution is 2.23. The summed E-state index contributed by atoms with van der Waals surface area (Å²) in [7, 11) is 0. The molecule has 1 unspecified atom stereocenters. The lowest BCUT2D eigenvalue weighted by molar-refractivity contribution is 0.215. The van der Waals surface area contributed by atoms with Gasteiger partial charge in [-0.3, -0.25) is 4.90 Å². The van der Waals surface area contributed by atoms with Crippen molar-refractivity contribution in [2.45, 2.75) is 26.4 Å². The molecule has 2 rings (SSSR count). The van der Waals surface area contributed by atoms with E-state index in [0.717, 1.165) is 18.7 Å². The van der Waals surface area contributed by atoms with E-state index < -0.39 is 0 Å². The van der Waals surface area contributed by atoms with Crippen LogP contribution in [-0.4, -0.2) is 11.4 Å². The summed E-state index contributed by atoms with van der Waals surface area (Å²) in [6, 6.07) is 11.3. The van der Waals surface area contributed by atoms with Gasteiger partial charge in [-0.15, -0.1) is 11.3 Å². The molecule has 0 aliphatic rings.